The topological polar surface area (TPSA) is 17.1 Å². The minimum atomic E-state index is 0.213. The molecule has 0 aromatic carbocycles. The van der Waals surface area contributed by atoms with Crippen LogP contribution in [0.15, 0.2) is 0 Å². The van der Waals surface area contributed by atoms with Crippen molar-refractivity contribution >= 4 is 5.78 Å². The first-order valence-electron chi connectivity index (χ1n) is 4.85. The number of carbonyl (C=O) groups is 1. The van der Waals surface area contributed by atoms with Gasteiger partial charge in [0, 0.05) is 12.3 Å². The van der Waals surface area contributed by atoms with Crippen LogP contribution >= 0.6 is 0 Å². The van der Waals surface area contributed by atoms with Crippen molar-refractivity contribution < 1.29 is 4.79 Å². The number of ketones is 1. The molecule has 0 saturated heterocycles. The van der Waals surface area contributed by atoms with Gasteiger partial charge in [-0.05, 0) is 18.3 Å². The fraction of sp³-hybridized carbons (Fsp3) is 0.909. The van der Waals surface area contributed by atoms with Crippen molar-refractivity contribution in [1.29, 1.82) is 0 Å². The molecule has 12 heavy (non-hydrogen) atoms. The third-order valence-corrected chi connectivity index (χ3v) is 1.99. The Balaban J connectivity index is 3.51. The minimum Gasteiger partial charge on any atom is -0.299 e. The molecular formula is C11H22O. The molecule has 0 N–H and O–H groups in total. The summed E-state index contributed by atoms with van der Waals surface area (Å²) in [5.41, 5.74) is 0.372. The van der Waals surface area contributed by atoms with E-state index in [9.17, 15) is 4.79 Å². The van der Waals surface area contributed by atoms with Gasteiger partial charge in [0.2, 0.25) is 0 Å². The van der Waals surface area contributed by atoms with Crippen LogP contribution in [0.25, 0.3) is 0 Å². The predicted molar refractivity (Wildman–Crippen MR) is 53.2 cm³/mol. The number of hydrogen-bond acceptors (Lipinski definition) is 1. The molecule has 0 saturated carbocycles. The van der Waals surface area contributed by atoms with E-state index in [4.69, 9.17) is 0 Å². The van der Waals surface area contributed by atoms with Crippen LogP contribution in [0.4, 0.5) is 0 Å². The van der Waals surface area contributed by atoms with Crippen LogP contribution in [-0.2, 0) is 4.79 Å². The monoisotopic (exact) mass is 170 g/mol. The van der Waals surface area contributed by atoms with Crippen LogP contribution in [0.3, 0.4) is 0 Å². The third-order valence-electron chi connectivity index (χ3n) is 1.99. The van der Waals surface area contributed by atoms with Gasteiger partial charge in [-0.2, -0.15) is 0 Å². The zero-order valence-electron chi connectivity index (χ0n) is 9.11. The Kier molecular flexibility index (Phi) is 4.51. The fourth-order valence-corrected chi connectivity index (χ4v) is 1.08. The number of rotatable bonds is 4. The molecule has 0 unspecified atom stereocenters. The largest absolute Gasteiger partial charge is 0.299 e. The molecule has 0 atom stereocenters. The Morgan fingerprint density at radius 3 is 2.08 bits per heavy atom. The van der Waals surface area contributed by atoms with Gasteiger partial charge in [0.25, 0.3) is 0 Å². The zero-order chi connectivity index (χ0) is 9.78. The Morgan fingerprint density at radius 2 is 1.75 bits per heavy atom. The summed E-state index contributed by atoms with van der Waals surface area (Å²) >= 11 is 0. The molecule has 0 radical (unpaired) electrons. The Bertz CT molecular complexity index is 140. The first kappa shape index (κ1) is 11.7. The summed E-state index contributed by atoms with van der Waals surface area (Å²) in [6.45, 7) is 10.6. The molecule has 0 bridgehead atoms. The molecule has 0 aliphatic rings. The van der Waals surface area contributed by atoms with Gasteiger partial charge in [0.15, 0.2) is 0 Å². The summed E-state index contributed by atoms with van der Waals surface area (Å²) in [5, 5.41) is 0. The summed E-state index contributed by atoms with van der Waals surface area (Å²) < 4.78 is 0. The highest BCUT2D eigenvalue weighted by Gasteiger charge is 2.12. The lowest BCUT2D eigenvalue weighted by Crippen LogP contribution is -2.09. The molecule has 72 valence electrons. The summed E-state index contributed by atoms with van der Waals surface area (Å²) in [7, 11) is 0. The number of hydrogen-bond donors (Lipinski definition) is 0. The van der Waals surface area contributed by atoms with E-state index in [1.807, 2.05) is 13.8 Å². The van der Waals surface area contributed by atoms with E-state index in [-0.39, 0.29) is 5.92 Å². The van der Waals surface area contributed by atoms with Crippen LogP contribution in [0.1, 0.15) is 53.9 Å². The molecule has 0 aromatic heterocycles. The fourth-order valence-electron chi connectivity index (χ4n) is 1.08. The molecule has 0 heterocycles. The molecular weight excluding hydrogens is 148 g/mol. The Hall–Kier alpha value is -0.330. The standard InChI is InChI=1S/C11H22O/c1-9(2)10(12)7-6-8-11(3,4)5/h9H,6-8H2,1-5H3. The molecule has 0 fully saturated rings. The zero-order valence-corrected chi connectivity index (χ0v) is 9.11. The van der Waals surface area contributed by atoms with Gasteiger partial charge in [0.05, 0.1) is 0 Å². The molecule has 0 aromatic rings. The predicted octanol–water partition coefficient (Wildman–Crippen LogP) is 3.43. The SMILES string of the molecule is CC(C)C(=O)CCCC(C)(C)C. The van der Waals surface area contributed by atoms with E-state index in [1.54, 1.807) is 0 Å². The van der Waals surface area contributed by atoms with Crippen molar-refractivity contribution in [2.75, 3.05) is 0 Å². The quantitative estimate of drug-likeness (QED) is 0.631. The highest BCUT2D eigenvalue weighted by Crippen LogP contribution is 2.21. The lowest BCUT2D eigenvalue weighted by atomic mass is 9.88. The first-order chi connectivity index (χ1) is 5.33. The van der Waals surface area contributed by atoms with Crippen molar-refractivity contribution in [3.05, 3.63) is 0 Å². The van der Waals surface area contributed by atoms with Crippen LogP contribution in [-0.4, -0.2) is 5.78 Å². The molecule has 1 nitrogen and oxygen atoms in total. The second-order valence-electron chi connectivity index (χ2n) is 5.04. The highest BCUT2D eigenvalue weighted by atomic mass is 16.1. The van der Waals surface area contributed by atoms with Gasteiger partial charge in [-0.3, -0.25) is 4.79 Å². The van der Waals surface area contributed by atoms with Crippen LogP contribution in [0, 0.1) is 11.3 Å². The second kappa shape index (κ2) is 4.64. The lowest BCUT2D eigenvalue weighted by molar-refractivity contribution is -0.122. The van der Waals surface area contributed by atoms with E-state index in [2.05, 4.69) is 20.8 Å². The molecule has 0 amide bonds. The van der Waals surface area contributed by atoms with Crippen LogP contribution < -0.4 is 0 Å². The molecule has 0 aliphatic heterocycles. The van der Waals surface area contributed by atoms with Crippen molar-refractivity contribution in [2.45, 2.75) is 53.9 Å². The van der Waals surface area contributed by atoms with E-state index in [0.29, 0.717) is 11.2 Å². The summed E-state index contributed by atoms with van der Waals surface area (Å²) in [6, 6.07) is 0. The van der Waals surface area contributed by atoms with Gasteiger partial charge < -0.3 is 0 Å². The van der Waals surface area contributed by atoms with E-state index < -0.39 is 0 Å². The van der Waals surface area contributed by atoms with Gasteiger partial charge >= 0.3 is 0 Å². The number of Topliss-reactive ketones (excluding diaryl/α,β-unsaturated/α-hetero) is 1. The van der Waals surface area contributed by atoms with E-state index in [1.165, 1.54) is 0 Å². The van der Waals surface area contributed by atoms with Gasteiger partial charge in [-0.1, -0.05) is 34.6 Å². The van der Waals surface area contributed by atoms with E-state index >= 15 is 0 Å². The summed E-state index contributed by atoms with van der Waals surface area (Å²) in [4.78, 5) is 11.2. The normalized spacial score (nSPS) is 12.2. The molecule has 0 spiro atoms. The van der Waals surface area contributed by atoms with Crippen molar-refractivity contribution in [3.8, 4) is 0 Å². The maximum atomic E-state index is 11.2. The Morgan fingerprint density at radius 1 is 1.25 bits per heavy atom. The first-order valence-corrected chi connectivity index (χ1v) is 4.85. The second-order valence-corrected chi connectivity index (χ2v) is 5.04. The van der Waals surface area contributed by atoms with Crippen LogP contribution in [0.5, 0.6) is 0 Å². The lowest BCUT2D eigenvalue weighted by Gasteiger charge is -2.17. The van der Waals surface area contributed by atoms with Crippen molar-refractivity contribution in [2.24, 2.45) is 11.3 Å². The van der Waals surface area contributed by atoms with Gasteiger partial charge in [-0.25, -0.2) is 0 Å². The summed E-state index contributed by atoms with van der Waals surface area (Å²) in [6.07, 6.45) is 2.95. The molecule has 0 aliphatic carbocycles. The van der Waals surface area contributed by atoms with Gasteiger partial charge in [0.1, 0.15) is 5.78 Å². The van der Waals surface area contributed by atoms with Crippen molar-refractivity contribution in [3.63, 3.8) is 0 Å². The maximum Gasteiger partial charge on any atom is 0.135 e. The third kappa shape index (κ3) is 6.38. The average Bonchev–Trinajstić information content (AvgIpc) is 1.84. The Labute approximate surface area is 76.6 Å². The molecule has 0 rings (SSSR count). The van der Waals surface area contributed by atoms with E-state index in [0.717, 1.165) is 19.3 Å². The van der Waals surface area contributed by atoms with Crippen molar-refractivity contribution in [1.82, 2.24) is 0 Å². The van der Waals surface area contributed by atoms with Crippen LogP contribution in [0.2, 0.25) is 0 Å². The number of carbonyl (C=O) groups excluding carboxylic acids is 1. The highest BCUT2D eigenvalue weighted by molar-refractivity contribution is 5.80. The minimum absolute atomic E-state index is 0.213. The maximum absolute atomic E-state index is 11.2. The smallest absolute Gasteiger partial charge is 0.135 e. The van der Waals surface area contributed by atoms with Gasteiger partial charge in [-0.15, -0.1) is 0 Å². The average molecular weight is 170 g/mol. The summed E-state index contributed by atoms with van der Waals surface area (Å²) in [5.74, 6) is 0.615. The molecule has 1 heteroatoms.